The molecular formula is C17H23NO3S. The number of benzene rings is 1. The van der Waals surface area contributed by atoms with Gasteiger partial charge in [-0.1, -0.05) is 0 Å². The molecule has 0 aliphatic heterocycles. The lowest BCUT2D eigenvalue weighted by Gasteiger charge is -2.27. The Morgan fingerprint density at radius 3 is 2.59 bits per heavy atom. The highest BCUT2D eigenvalue weighted by molar-refractivity contribution is 7.21. The molecule has 1 heterocycles. The van der Waals surface area contributed by atoms with Crippen LogP contribution in [0.5, 0.6) is 5.75 Å². The van der Waals surface area contributed by atoms with Crippen LogP contribution in [0.25, 0.3) is 10.1 Å². The van der Waals surface area contributed by atoms with Crippen LogP contribution >= 0.6 is 11.3 Å². The van der Waals surface area contributed by atoms with Crippen molar-refractivity contribution >= 4 is 27.3 Å². The normalized spacial score (nSPS) is 12.7. The summed E-state index contributed by atoms with van der Waals surface area (Å²) in [5.74, 6) is 0.769. The smallest absolute Gasteiger partial charge is 0.264 e. The minimum Gasteiger partial charge on any atom is -0.497 e. The second kappa shape index (κ2) is 6.67. The van der Waals surface area contributed by atoms with E-state index in [1.54, 1.807) is 18.9 Å². The van der Waals surface area contributed by atoms with Crippen LogP contribution in [0.15, 0.2) is 18.2 Å². The van der Waals surface area contributed by atoms with Gasteiger partial charge in [0.05, 0.1) is 18.1 Å². The van der Waals surface area contributed by atoms with Crippen molar-refractivity contribution in [1.82, 2.24) is 4.90 Å². The molecule has 1 aromatic heterocycles. The van der Waals surface area contributed by atoms with Gasteiger partial charge in [-0.05, 0) is 56.8 Å². The van der Waals surface area contributed by atoms with E-state index in [9.17, 15) is 9.90 Å². The molecule has 0 spiro atoms. The molecule has 0 bridgehead atoms. The van der Waals surface area contributed by atoms with Crippen LogP contribution in [0.1, 0.15) is 36.0 Å². The number of aliphatic hydroxyl groups excluding tert-OH is 1. The van der Waals surface area contributed by atoms with Crippen molar-refractivity contribution in [1.29, 1.82) is 0 Å². The summed E-state index contributed by atoms with van der Waals surface area (Å²) < 4.78 is 6.33. The molecule has 22 heavy (non-hydrogen) atoms. The Kier molecular flexibility index (Phi) is 5.08. The third-order valence-electron chi connectivity index (χ3n) is 3.68. The van der Waals surface area contributed by atoms with Gasteiger partial charge in [0, 0.05) is 17.3 Å². The standard InChI is InChI=1S/C17H23NO3S/c1-10(2)18(9-11(3)19)17(20)16-12(4)14-8-13(21-5)6-7-15(14)22-16/h6-8,10-11,19H,9H2,1-5H3. The Balaban J connectivity index is 2.44. The molecule has 1 amide bonds. The quantitative estimate of drug-likeness (QED) is 0.917. The van der Waals surface area contributed by atoms with Gasteiger partial charge in [0.15, 0.2) is 0 Å². The van der Waals surface area contributed by atoms with Crippen LogP contribution in [0.4, 0.5) is 0 Å². The van der Waals surface area contributed by atoms with Crippen LogP contribution in [-0.4, -0.2) is 41.7 Å². The van der Waals surface area contributed by atoms with Gasteiger partial charge in [-0.3, -0.25) is 4.79 Å². The highest BCUT2D eigenvalue weighted by Crippen LogP contribution is 2.34. The van der Waals surface area contributed by atoms with E-state index in [1.807, 2.05) is 39.0 Å². The van der Waals surface area contributed by atoms with Crippen LogP contribution in [-0.2, 0) is 0 Å². The van der Waals surface area contributed by atoms with Crippen molar-refractivity contribution in [2.45, 2.75) is 39.8 Å². The zero-order valence-electron chi connectivity index (χ0n) is 13.7. The van der Waals surface area contributed by atoms with Crippen molar-refractivity contribution < 1.29 is 14.6 Å². The van der Waals surface area contributed by atoms with Gasteiger partial charge in [0.1, 0.15) is 5.75 Å². The Labute approximate surface area is 135 Å². The number of ether oxygens (including phenoxy) is 1. The maximum Gasteiger partial charge on any atom is 0.264 e. The monoisotopic (exact) mass is 321 g/mol. The molecule has 2 aromatic rings. The molecule has 1 aromatic carbocycles. The summed E-state index contributed by atoms with van der Waals surface area (Å²) in [6.45, 7) is 7.93. The summed E-state index contributed by atoms with van der Waals surface area (Å²) in [4.78, 5) is 15.3. The molecule has 1 N–H and O–H groups in total. The number of rotatable bonds is 5. The summed E-state index contributed by atoms with van der Waals surface area (Å²) in [6.07, 6.45) is -0.541. The first kappa shape index (κ1) is 16.8. The fourth-order valence-electron chi connectivity index (χ4n) is 2.47. The van der Waals surface area contributed by atoms with Crippen molar-refractivity contribution in [2.24, 2.45) is 0 Å². The molecule has 0 aliphatic carbocycles. The Morgan fingerprint density at radius 2 is 2.05 bits per heavy atom. The zero-order valence-corrected chi connectivity index (χ0v) is 14.5. The summed E-state index contributed by atoms with van der Waals surface area (Å²) in [5, 5.41) is 10.7. The third-order valence-corrected chi connectivity index (χ3v) is 4.94. The van der Waals surface area contributed by atoms with Crippen molar-refractivity contribution in [3.8, 4) is 5.75 Å². The average Bonchev–Trinajstić information content (AvgIpc) is 2.80. The first-order valence-corrected chi connectivity index (χ1v) is 8.23. The first-order valence-electron chi connectivity index (χ1n) is 7.41. The fourth-order valence-corrected chi connectivity index (χ4v) is 3.62. The van der Waals surface area contributed by atoms with E-state index in [1.165, 1.54) is 11.3 Å². The Hall–Kier alpha value is -1.59. The number of aryl methyl sites for hydroxylation is 1. The minimum atomic E-state index is -0.541. The van der Waals surface area contributed by atoms with Crippen molar-refractivity contribution in [2.75, 3.05) is 13.7 Å². The Morgan fingerprint density at radius 1 is 1.36 bits per heavy atom. The summed E-state index contributed by atoms with van der Waals surface area (Å²) in [7, 11) is 1.64. The molecule has 0 aliphatic rings. The molecule has 0 saturated heterocycles. The van der Waals surface area contributed by atoms with E-state index in [-0.39, 0.29) is 11.9 Å². The second-order valence-corrected chi connectivity index (χ2v) is 6.87. The first-order chi connectivity index (χ1) is 10.3. The maximum absolute atomic E-state index is 12.9. The second-order valence-electron chi connectivity index (χ2n) is 5.82. The van der Waals surface area contributed by atoms with Gasteiger partial charge < -0.3 is 14.7 Å². The number of fused-ring (bicyclic) bond motifs is 1. The van der Waals surface area contributed by atoms with Crippen molar-refractivity contribution in [3.63, 3.8) is 0 Å². The minimum absolute atomic E-state index is 0.0198. The van der Waals surface area contributed by atoms with Gasteiger partial charge in [-0.15, -0.1) is 11.3 Å². The molecule has 1 unspecified atom stereocenters. The molecule has 5 heteroatoms. The topological polar surface area (TPSA) is 49.8 Å². The summed E-state index contributed by atoms with van der Waals surface area (Å²) in [6, 6.07) is 5.90. The number of hydrogen-bond donors (Lipinski definition) is 1. The maximum atomic E-state index is 12.9. The van der Waals surface area contributed by atoms with Crippen LogP contribution < -0.4 is 4.74 Å². The molecule has 0 radical (unpaired) electrons. The number of aliphatic hydroxyl groups is 1. The summed E-state index contributed by atoms with van der Waals surface area (Å²) >= 11 is 1.50. The van der Waals surface area contributed by atoms with Gasteiger partial charge >= 0.3 is 0 Å². The van der Waals surface area contributed by atoms with E-state index < -0.39 is 6.10 Å². The van der Waals surface area contributed by atoms with Gasteiger partial charge in [-0.2, -0.15) is 0 Å². The highest BCUT2D eigenvalue weighted by Gasteiger charge is 2.24. The lowest BCUT2D eigenvalue weighted by atomic mass is 10.1. The highest BCUT2D eigenvalue weighted by atomic mass is 32.1. The van der Waals surface area contributed by atoms with Gasteiger partial charge in [-0.25, -0.2) is 0 Å². The number of carbonyl (C=O) groups is 1. The third kappa shape index (κ3) is 3.25. The lowest BCUT2D eigenvalue weighted by Crippen LogP contribution is -2.41. The number of carbonyl (C=O) groups excluding carboxylic acids is 1. The predicted molar refractivity (Wildman–Crippen MR) is 91.0 cm³/mol. The number of nitrogens with zero attached hydrogens (tertiary/aromatic N) is 1. The number of thiophene rings is 1. The molecule has 120 valence electrons. The predicted octanol–water partition coefficient (Wildman–Crippen LogP) is 3.45. The number of hydrogen-bond acceptors (Lipinski definition) is 4. The van der Waals surface area contributed by atoms with E-state index in [0.29, 0.717) is 6.54 Å². The van der Waals surface area contributed by atoms with E-state index in [4.69, 9.17) is 4.74 Å². The fraction of sp³-hybridized carbons (Fsp3) is 0.471. The van der Waals surface area contributed by atoms with Gasteiger partial charge in [0.2, 0.25) is 0 Å². The molecule has 0 fully saturated rings. The number of methoxy groups -OCH3 is 1. The molecule has 0 saturated carbocycles. The molecule has 1 atom stereocenters. The van der Waals surface area contributed by atoms with Crippen LogP contribution in [0, 0.1) is 6.92 Å². The summed E-state index contributed by atoms with van der Waals surface area (Å²) in [5.41, 5.74) is 0.972. The van der Waals surface area contributed by atoms with Crippen LogP contribution in [0.2, 0.25) is 0 Å². The molecular weight excluding hydrogens is 298 g/mol. The van der Waals surface area contributed by atoms with E-state index in [0.717, 1.165) is 26.3 Å². The number of amides is 1. The SMILES string of the molecule is COc1ccc2sc(C(=O)N(CC(C)O)C(C)C)c(C)c2c1. The Bertz CT molecular complexity index is 676. The molecule has 2 rings (SSSR count). The van der Waals surface area contributed by atoms with Gasteiger partial charge in [0.25, 0.3) is 5.91 Å². The zero-order chi connectivity index (χ0) is 16.4. The van der Waals surface area contributed by atoms with Crippen LogP contribution in [0.3, 0.4) is 0 Å². The largest absolute Gasteiger partial charge is 0.497 e. The van der Waals surface area contributed by atoms with E-state index in [2.05, 4.69) is 0 Å². The lowest BCUT2D eigenvalue weighted by molar-refractivity contribution is 0.0583. The average molecular weight is 321 g/mol. The molecule has 4 nitrogen and oxygen atoms in total. The van der Waals surface area contributed by atoms with E-state index >= 15 is 0 Å². The van der Waals surface area contributed by atoms with Crippen molar-refractivity contribution in [3.05, 3.63) is 28.6 Å².